The predicted molar refractivity (Wildman–Crippen MR) is 77.2 cm³/mol. The van der Waals surface area contributed by atoms with E-state index < -0.39 is 37.1 Å². The van der Waals surface area contributed by atoms with E-state index in [0.717, 1.165) is 0 Å². The summed E-state index contributed by atoms with van der Waals surface area (Å²) >= 11 is 0. The van der Waals surface area contributed by atoms with Gasteiger partial charge in [-0.25, -0.2) is 4.79 Å². The van der Waals surface area contributed by atoms with Crippen LogP contribution in [-0.4, -0.2) is 42.4 Å². The molecule has 1 aromatic carbocycles. The average Bonchev–Trinajstić information content (AvgIpc) is 3.03. The van der Waals surface area contributed by atoms with Gasteiger partial charge in [-0.2, -0.15) is 13.2 Å². The zero-order valence-corrected chi connectivity index (χ0v) is 12.9. The number of rotatable bonds is 8. The molecule has 1 aliphatic heterocycles. The van der Waals surface area contributed by atoms with Crippen molar-refractivity contribution in [1.29, 1.82) is 0 Å². The van der Waals surface area contributed by atoms with Crippen LogP contribution in [0.25, 0.3) is 0 Å². The molecule has 1 N–H and O–H groups in total. The van der Waals surface area contributed by atoms with E-state index in [2.05, 4.69) is 0 Å². The summed E-state index contributed by atoms with van der Waals surface area (Å²) in [5.41, 5.74) is -2.78. The molecule has 0 radical (unpaired) electrons. The van der Waals surface area contributed by atoms with Gasteiger partial charge in [0.05, 0.1) is 19.8 Å². The fraction of sp³-hybridized carbons (Fsp3) is 0.562. The summed E-state index contributed by atoms with van der Waals surface area (Å²) in [4.78, 5) is 11.4. The maximum absolute atomic E-state index is 13.5. The number of aliphatic carboxylic acids is 1. The third-order valence-corrected chi connectivity index (χ3v) is 3.79. The van der Waals surface area contributed by atoms with E-state index in [1.165, 1.54) is 0 Å². The van der Waals surface area contributed by atoms with Crippen molar-refractivity contribution in [3.8, 4) is 0 Å². The molecule has 1 aromatic rings. The molecule has 24 heavy (non-hydrogen) atoms. The largest absolute Gasteiger partial charge is 0.479 e. The molecule has 0 amide bonds. The lowest BCUT2D eigenvalue weighted by atomic mass is 9.95. The molecule has 1 unspecified atom stereocenters. The first-order valence-corrected chi connectivity index (χ1v) is 7.56. The van der Waals surface area contributed by atoms with Crippen molar-refractivity contribution < 1.29 is 37.3 Å². The van der Waals surface area contributed by atoms with Crippen LogP contribution in [0.2, 0.25) is 0 Å². The predicted octanol–water partition coefficient (Wildman–Crippen LogP) is 3.13. The summed E-state index contributed by atoms with van der Waals surface area (Å²) in [6, 6.07) is 8.14. The molecule has 0 bridgehead atoms. The van der Waals surface area contributed by atoms with Crippen LogP contribution in [0.3, 0.4) is 0 Å². The minimum Gasteiger partial charge on any atom is -0.479 e. The summed E-state index contributed by atoms with van der Waals surface area (Å²) in [6.07, 6.45) is -6.20. The standard InChI is InChI=1S/C16H19F3O5/c17-16(18,19)15(14(20)21,8-4-7-13-22-9-10-23-13)24-11-12-5-2-1-3-6-12/h1-3,5-6,13H,4,7-11H2,(H,20,21). The Morgan fingerprint density at radius 1 is 1.21 bits per heavy atom. The zero-order valence-electron chi connectivity index (χ0n) is 12.9. The van der Waals surface area contributed by atoms with Crippen LogP contribution >= 0.6 is 0 Å². The van der Waals surface area contributed by atoms with E-state index in [1.54, 1.807) is 30.3 Å². The van der Waals surface area contributed by atoms with Crippen LogP contribution in [-0.2, 0) is 25.6 Å². The quantitative estimate of drug-likeness (QED) is 0.782. The van der Waals surface area contributed by atoms with Gasteiger partial charge in [0.15, 0.2) is 6.29 Å². The second kappa shape index (κ2) is 7.96. The van der Waals surface area contributed by atoms with Crippen molar-refractivity contribution in [2.45, 2.75) is 43.9 Å². The van der Waals surface area contributed by atoms with E-state index in [1.807, 2.05) is 0 Å². The van der Waals surface area contributed by atoms with Crippen molar-refractivity contribution in [2.75, 3.05) is 13.2 Å². The number of carboxylic acids is 1. The summed E-state index contributed by atoms with van der Waals surface area (Å²) in [7, 11) is 0. The molecule has 134 valence electrons. The van der Waals surface area contributed by atoms with Crippen LogP contribution in [0.1, 0.15) is 24.8 Å². The fourth-order valence-electron chi connectivity index (χ4n) is 2.46. The summed E-state index contributed by atoms with van der Waals surface area (Å²) in [5, 5.41) is 9.22. The number of alkyl halides is 3. The highest BCUT2D eigenvalue weighted by atomic mass is 19.4. The van der Waals surface area contributed by atoms with Gasteiger partial charge in [-0.05, 0) is 24.8 Å². The van der Waals surface area contributed by atoms with Crippen molar-refractivity contribution in [1.82, 2.24) is 0 Å². The van der Waals surface area contributed by atoms with Crippen LogP contribution < -0.4 is 0 Å². The van der Waals surface area contributed by atoms with Crippen LogP contribution in [0.4, 0.5) is 13.2 Å². The number of ether oxygens (including phenoxy) is 3. The Kier molecular flexibility index (Phi) is 6.20. The highest BCUT2D eigenvalue weighted by Gasteiger charge is 2.62. The molecular formula is C16H19F3O5. The Morgan fingerprint density at radius 2 is 1.83 bits per heavy atom. The number of hydrogen-bond donors (Lipinski definition) is 1. The van der Waals surface area contributed by atoms with E-state index >= 15 is 0 Å². The number of halogens is 3. The second-order valence-electron chi connectivity index (χ2n) is 5.47. The van der Waals surface area contributed by atoms with Crippen molar-refractivity contribution in [3.63, 3.8) is 0 Å². The molecule has 0 aliphatic carbocycles. The number of benzene rings is 1. The van der Waals surface area contributed by atoms with Crippen molar-refractivity contribution >= 4 is 5.97 Å². The fourth-order valence-corrected chi connectivity index (χ4v) is 2.46. The molecule has 0 spiro atoms. The molecule has 5 nitrogen and oxygen atoms in total. The number of hydrogen-bond acceptors (Lipinski definition) is 4. The van der Waals surface area contributed by atoms with Gasteiger partial charge in [-0.15, -0.1) is 0 Å². The maximum atomic E-state index is 13.5. The Hall–Kier alpha value is -1.64. The number of carboxylic acid groups (broad SMARTS) is 1. The molecular weight excluding hydrogens is 329 g/mol. The van der Waals surface area contributed by atoms with Gasteiger partial charge in [0.25, 0.3) is 5.60 Å². The van der Waals surface area contributed by atoms with E-state index in [4.69, 9.17) is 14.2 Å². The first-order chi connectivity index (χ1) is 11.3. The van der Waals surface area contributed by atoms with Gasteiger partial charge in [0, 0.05) is 0 Å². The molecule has 0 saturated carbocycles. The van der Waals surface area contributed by atoms with Gasteiger partial charge >= 0.3 is 12.1 Å². The lowest BCUT2D eigenvalue weighted by molar-refractivity contribution is -0.281. The highest BCUT2D eigenvalue weighted by Crippen LogP contribution is 2.39. The molecule has 1 aliphatic rings. The molecule has 8 heteroatoms. The van der Waals surface area contributed by atoms with Gasteiger partial charge in [-0.3, -0.25) is 0 Å². The highest BCUT2D eigenvalue weighted by molar-refractivity contribution is 5.78. The summed E-state index contributed by atoms with van der Waals surface area (Å²) in [5.74, 6) is -2.04. The SMILES string of the molecule is O=C(O)C(CCCC1OCCO1)(OCc1ccccc1)C(F)(F)F. The van der Waals surface area contributed by atoms with E-state index in [9.17, 15) is 23.1 Å². The molecule has 2 rings (SSSR count). The molecule has 1 fully saturated rings. The molecule has 1 heterocycles. The molecule has 1 saturated heterocycles. The third kappa shape index (κ3) is 4.46. The van der Waals surface area contributed by atoms with Gasteiger partial charge < -0.3 is 19.3 Å². The third-order valence-electron chi connectivity index (χ3n) is 3.79. The smallest absolute Gasteiger partial charge is 0.428 e. The van der Waals surface area contributed by atoms with E-state index in [-0.39, 0.29) is 12.8 Å². The number of carbonyl (C=O) groups is 1. The Labute approximate surface area is 137 Å². The Bertz CT molecular complexity index is 528. The first-order valence-electron chi connectivity index (χ1n) is 7.56. The lowest BCUT2D eigenvalue weighted by Crippen LogP contribution is -2.54. The van der Waals surface area contributed by atoms with Gasteiger partial charge in [0.1, 0.15) is 0 Å². The van der Waals surface area contributed by atoms with Crippen LogP contribution in [0.5, 0.6) is 0 Å². The van der Waals surface area contributed by atoms with E-state index in [0.29, 0.717) is 18.8 Å². The lowest BCUT2D eigenvalue weighted by Gasteiger charge is -2.32. The molecule has 0 aromatic heterocycles. The first kappa shape index (κ1) is 18.7. The Morgan fingerprint density at radius 3 is 2.38 bits per heavy atom. The minimum atomic E-state index is -5.04. The second-order valence-corrected chi connectivity index (χ2v) is 5.47. The normalized spacial score (nSPS) is 18.5. The average molecular weight is 348 g/mol. The monoisotopic (exact) mass is 348 g/mol. The van der Waals surface area contributed by atoms with Crippen molar-refractivity contribution in [2.24, 2.45) is 0 Å². The van der Waals surface area contributed by atoms with Gasteiger partial charge in [-0.1, -0.05) is 30.3 Å². The minimum absolute atomic E-state index is 0.0503. The Balaban J connectivity index is 2.05. The van der Waals surface area contributed by atoms with Crippen molar-refractivity contribution in [3.05, 3.63) is 35.9 Å². The van der Waals surface area contributed by atoms with Crippen LogP contribution in [0, 0.1) is 0 Å². The zero-order chi connectivity index (χ0) is 17.6. The topological polar surface area (TPSA) is 65.0 Å². The van der Waals surface area contributed by atoms with Crippen LogP contribution in [0.15, 0.2) is 30.3 Å². The maximum Gasteiger partial charge on any atom is 0.428 e. The summed E-state index contributed by atoms with van der Waals surface area (Å²) in [6.45, 7) is 0.333. The van der Waals surface area contributed by atoms with Gasteiger partial charge in [0.2, 0.25) is 0 Å². The summed E-state index contributed by atoms with van der Waals surface area (Å²) < 4.78 is 55.6. The molecule has 1 atom stereocenters.